The summed E-state index contributed by atoms with van der Waals surface area (Å²) in [6.45, 7) is 8.13. The van der Waals surface area contributed by atoms with Crippen LogP contribution in [0.5, 0.6) is 5.75 Å². The highest BCUT2D eigenvalue weighted by Crippen LogP contribution is 2.21. The lowest BCUT2D eigenvalue weighted by atomic mass is 9.96. The quantitative estimate of drug-likeness (QED) is 0.736. The molecule has 0 aromatic heterocycles. The van der Waals surface area contributed by atoms with Gasteiger partial charge < -0.3 is 15.0 Å². The summed E-state index contributed by atoms with van der Waals surface area (Å²) in [4.78, 5) is 2.34. The Morgan fingerprint density at radius 2 is 1.90 bits per heavy atom. The lowest BCUT2D eigenvalue weighted by Gasteiger charge is -2.23. The molecule has 3 nitrogen and oxygen atoms in total. The van der Waals surface area contributed by atoms with Gasteiger partial charge in [0.2, 0.25) is 0 Å². The Kier molecular flexibility index (Phi) is 6.87. The molecule has 0 bridgehead atoms. The third-order valence-electron chi connectivity index (χ3n) is 4.36. The predicted molar refractivity (Wildman–Crippen MR) is 90.4 cm³/mol. The zero-order valence-corrected chi connectivity index (χ0v) is 13.6. The second-order valence-electron chi connectivity index (χ2n) is 5.81. The van der Waals surface area contributed by atoms with Crippen molar-refractivity contribution >= 4 is 5.69 Å². The first-order chi connectivity index (χ1) is 10.3. The van der Waals surface area contributed by atoms with Gasteiger partial charge in [-0.15, -0.1) is 0 Å². The number of ether oxygens (including phenoxy) is 1. The van der Waals surface area contributed by atoms with E-state index in [0.717, 1.165) is 32.0 Å². The summed E-state index contributed by atoms with van der Waals surface area (Å²) in [7, 11) is 0. The van der Waals surface area contributed by atoms with E-state index in [2.05, 4.69) is 42.3 Å². The van der Waals surface area contributed by atoms with Gasteiger partial charge in [0, 0.05) is 37.4 Å². The van der Waals surface area contributed by atoms with Crippen LogP contribution in [-0.4, -0.2) is 32.3 Å². The molecule has 1 saturated carbocycles. The number of hydrogen-bond acceptors (Lipinski definition) is 3. The van der Waals surface area contributed by atoms with Crippen molar-refractivity contribution in [3.8, 4) is 5.75 Å². The Morgan fingerprint density at radius 1 is 1.14 bits per heavy atom. The number of hydrogen-bond donors (Lipinski definition) is 1. The number of nitrogens with zero attached hydrogens (tertiary/aromatic N) is 1. The van der Waals surface area contributed by atoms with E-state index in [4.69, 9.17) is 4.74 Å². The first-order valence-electron chi connectivity index (χ1n) is 8.54. The standard InChI is InChI=1S/C18H30N2O/c1-3-20(4-2)17-11-8-12-18(15-17)21-14-13-19-16-9-6-5-7-10-16/h8,11-12,15-16,19H,3-7,9-10,13-14H2,1-2H3. The van der Waals surface area contributed by atoms with Crippen molar-refractivity contribution in [2.24, 2.45) is 0 Å². The first-order valence-corrected chi connectivity index (χ1v) is 8.54. The van der Waals surface area contributed by atoms with E-state index in [9.17, 15) is 0 Å². The average Bonchev–Trinajstić information content (AvgIpc) is 2.54. The fraction of sp³-hybridized carbons (Fsp3) is 0.667. The smallest absolute Gasteiger partial charge is 0.121 e. The van der Waals surface area contributed by atoms with Crippen LogP contribution in [0, 0.1) is 0 Å². The zero-order chi connectivity index (χ0) is 14.9. The number of benzene rings is 1. The number of anilines is 1. The molecule has 1 fully saturated rings. The van der Waals surface area contributed by atoms with Crippen LogP contribution in [-0.2, 0) is 0 Å². The van der Waals surface area contributed by atoms with Gasteiger partial charge >= 0.3 is 0 Å². The lowest BCUT2D eigenvalue weighted by molar-refractivity contribution is 0.289. The third-order valence-corrected chi connectivity index (χ3v) is 4.36. The van der Waals surface area contributed by atoms with Gasteiger partial charge in [-0.1, -0.05) is 25.3 Å². The summed E-state index contributed by atoms with van der Waals surface area (Å²) in [5.74, 6) is 0.977. The number of nitrogens with one attached hydrogen (secondary N) is 1. The summed E-state index contributed by atoms with van der Waals surface area (Å²) in [5.41, 5.74) is 1.25. The van der Waals surface area contributed by atoms with Crippen molar-refractivity contribution < 1.29 is 4.74 Å². The molecule has 1 aromatic carbocycles. The van der Waals surface area contributed by atoms with Gasteiger partial charge in [0.05, 0.1) is 0 Å². The van der Waals surface area contributed by atoms with Gasteiger partial charge in [0.25, 0.3) is 0 Å². The summed E-state index contributed by atoms with van der Waals surface area (Å²) >= 11 is 0. The van der Waals surface area contributed by atoms with E-state index >= 15 is 0 Å². The second kappa shape index (κ2) is 8.93. The summed E-state index contributed by atoms with van der Waals surface area (Å²) < 4.78 is 5.89. The fourth-order valence-corrected chi connectivity index (χ4v) is 3.10. The first kappa shape index (κ1) is 16.2. The van der Waals surface area contributed by atoms with Gasteiger partial charge in [0.15, 0.2) is 0 Å². The van der Waals surface area contributed by atoms with Crippen LogP contribution < -0.4 is 15.0 Å². The summed E-state index contributed by atoms with van der Waals surface area (Å²) in [5, 5.41) is 3.62. The van der Waals surface area contributed by atoms with Crippen LogP contribution in [0.15, 0.2) is 24.3 Å². The van der Waals surface area contributed by atoms with Gasteiger partial charge in [-0.25, -0.2) is 0 Å². The van der Waals surface area contributed by atoms with Crippen LogP contribution >= 0.6 is 0 Å². The van der Waals surface area contributed by atoms with Crippen molar-refractivity contribution in [2.45, 2.75) is 52.0 Å². The van der Waals surface area contributed by atoms with Crippen molar-refractivity contribution in [3.05, 3.63) is 24.3 Å². The molecular weight excluding hydrogens is 260 g/mol. The Labute approximate surface area is 129 Å². The van der Waals surface area contributed by atoms with Crippen LogP contribution in [0.2, 0.25) is 0 Å². The van der Waals surface area contributed by atoms with Crippen molar-refractivity contribution in [1.29, 1.82) is 0 Å². The Hall–Kier alpha value is -1.22. The molecule has 2 rings (SSSR count). The Bertz CT molecular complexity index is 398. The van der Waals surface area contributed by atoms with E-state index in [0.29, 0.717) is 6.04 Å². The highest BCUT2D eigenvalue weighted by Gasteiger charge is 2.11. The Balaban J connectivity index is 1.73. The topological polar surface area (TPSA) is 24.5 Å². The molecule has 0 saturated heterocycles. The van der Waals surface area contributed by atoms with Crippen molar-refractivity contribution in [3.63, 3.8) is 0 Å². The summed E-state index contributed by atoms with van der Waals surface area (Å²) in [6, 6.07) is 9.14. The average molecular weight is 290 g/mol. The van der Waals surface area contributed by atoms with Gasteiger partial charge in [-0.05, 0) is 38.8 Å². The predicted octanol–water partition coefficient (Wildman–Crippen LogP) is 3.83. The molecular formula is C18H30N2O. The molecule has 1 N–H and O–H groups in total. The van der Waals surface area contributed by atoms with Crippen LogP contribution in [0.1, 0.15) is 46.0 Å². The normalized spacial score (nSPS) is 15.9. The minimum absolute atomic E-state index is 0.712. The van der Waals surface area contributed by atoms with E-state index in [-0.39, 0.29) is 0 Å². The Morgan fingerprint density at radius 3 is 2.62 bits per heavy atom. The molecule has 0 amide bonds. The minimum Gasteiger partial charge on any atom is -0.492 e. The van der Waals surface area contributed by atoms with E-state index in [1.807, 2.05) is 6.07 Å². The van der Waals surface area contributed by atoms with Crippen LogP contribution in [0.25, 0.3) is 0 Å². The third kappa shape index (κ3) is 5.24. The van der Waals surface area contributed by atoms with Crippen molar-refractivity contribution in [1.82, 2.24) is 5.32 Å². The van der Waals surface area contributed by atoms with Gasteiger partial charge in [0.1, 0.15) is 12.4 Å². The fourth-order valence-electron chi connectivity index (χ4n) is 3.10. The van der Waals surface area contributed by atoms with Crippen molar-refractivity contribution in [2.75, 3.05) is 31.1 Å². The molecule has 1 aliphatic rings. The molecule has 0 radical (unpaired) electrons. The highest BCUT2D eigenvalue weighted by molar-refractivity contribution is 5.50. The minimum atomic E-state index is 0.712. The maximum absolute atomic E-state index is 5.89. The largest absolute Gasteiger partial charge is 0.492 e. The van der Waals surface area contributed by atoms with Gasteiger partial charge in [-0.3, -0.25) is 0 Å². The van der Waals surface area contributed by atoms with Gasteiger partial charge in [-0.2, -0.15) is 0 Å². The molecule has 118 valence electrons. The van der Waals surface area contributed by atoms with E-state index < -0.39 is 0 Å². The summed E-state index contributed by atoms with van der Waals surface area (Å²) in [6.07, 6.45) is 6.83. The lowest BCUT2D eigenvalue weighted by Crippen LogP contribution is -2.34. The number of rotatable bonds is 8. The maximum atomic E-state index is 5.89. The molecule has 0 spiro atoms. The molecule has 3 heteroatoms. The zero-order valence-electron chi connectivity index (χ0n) is 13.6. The molecule has 0 atom stereocenters. The van der Waals surface area contributed by atoms with E-state index in [1.54, 1.807) is 0 Å². The molecule has 0 unspecified atom stereocenters. The molecule has 1 aliphatic carbocycles. The van der Waals surface area contributed by atoms with Crippen LogP contribution in [0.4, 0.5) is 5.69 Å². The SMILES string of the molecule is CCN(CC)c1cccc(OCCNC2CCCCC2)c1. The van der Waals surface area contributed by atoms with E-state index in [1.165, 1.54) is 37.8 Å². The van der Waals surface area contributed by atoms with Crippen LogP contribution in [0.3, 0.4) is 0 Å². The highest BCUT2D eigenvalue weighted by atomic mass is 16.5. The molecule has 21 heavy (non-hydrogen) atoms. The maximum Gasteiger partial charge on any atom is 0.121 e. The second-order valence-corrected chi connectivity index (χ2v) is 5.81. The molecule has 0 aliphatic heterocycles. The molecule has 1 aromatic rings. The molecule has 0 heterocycles. The monoisotopic (exact) mass is 290 g/mol.